The summed E-state index contributed by atoms with van der Waals surface area (Å²) in [5, 5.41) is 3.42. The van der Waals surface area contributed by atoms with Crippen LogP contribution < -0.4 is 10.1 Å². The van der Waals surface area contributed by atoms with Crippen LogP contribution in [0, 0.1) is 0 Å². The molecule has 1 aromatic carbocycles. The molecule has 1 amide bonds. The second kappa shape index (κ2) is 8.02. The summed E-state index contributed by atoms with van der Waals surface area (Å²) in [5.74, 6) is 1.39. The van der Waals surface area contributed by atoms with E-state index in [0.29, 0.717) is 18.0 Å². The van der Waals surface area contributed by atoms with E-state index in [4.69, 9.17) is 4.74 Å². The molecule has 0 radical (unpaired) electrons. The Kier molecular flexibility index (Phi) is 6.31. The highest BCUT2D eigenvalue weighted by Gasteiger charge is 2.37. The van der Waals surface area contributed by atoms with Gasteiger partial charge in [-0.15, -0.1) is 12.4 Å². The molecule has 2 aliphatic heterocycles. The van der Waals surface area contributed by atoms with Gasteiger partial charge in [0.25, 0.3) is 5.91 Å². The first-order valence-corrected chi connectivity index (χ1v) is 8.40. The number of amides is 1. The number of hydrogen-bond donors (Lipinski definition) is 1. The summed E-state index contributed by atoms with van der Waals surface area (Å²) in [7, 11) is 0. The molecule has 2 aliphatic rings. The van der Waals surface area contributed by atoms with Gasteiger partial charge in [0, 0.05) is 18.6 Å². The van der Waals surface area contributed by atoms with E-state index in [-0.39, 0.29) is 24.9 Å². The van der Waals surface area contributed by atoms with E-state index in [0.717, 1.165) is 38.1 Å². The summed E-state index contributed by atoms with van der Waals surface area (Å²) >= 11 is 0. The highest BCUT2D eigenvalue weighted by atomic mass is 35.5. The fourth-order valence-electron chi connectivity index (χ4n) is 3.57. The van der Waals surface area contributed by atoms with Crippen LogP contribution in [-0.2, 0) is 4.79 Å². The maximum atomic E-state index is 12.6. The minimum absolute atomic E-state index is 0. The SMILES string of the molecule is CC(C)c1cccc(OCC(=O)N2C3CCNCC2CC3)c1.Cl. The first-order chi connectivity index (χ1) is 10.6. The summed E-state index contributed by atoms with van der Waals surface area (Å²) in [5.41, 5.74) is 1.24. The first kappa shape index (κ1) is 18.1. The number of ether oxygens (including phenoxy) is 1. The van der Waals surface area contributed by atoms with Crippen LogP contribution in [0.5, 0.6) is 5.75 Å². The number of carbonyl (C=O) groups excluding carboxylic acids is 1. The summed E-state index contributed by atoms with van der Waals surface area (Å²) in [6.07, 6.45) is 3.32. The second-order valence-electron chi connectivity index (χ2n) is 6.69. The third-order valence-electron chi connectivity index (χ3n) is 4.83. The fourth-order valence-corrected chi connectivity index (χ4v) is 3.57. The molecule has 2 unspecified atom stereocenters. The number of nitrogens with zero attached hydrogens (tertiary/aromatic N) is 1. The van der Waals surface area contributed by atoms with Gasteiger partial charge >= 0.3 is 0 Å². The zero-order chi connectivity index (χ0) is 15.5. The van der Waals surface area contributed by atoms with E-state index in [9.17, 15) is 4.79 Å². The normalized spacial score (nSPS) is 23.3. The van der Waals surface area contributed by atoms with Gasteiger partial charge in [0.15, 0.2) is 6.61 Å². The van der Waals surface area contributed by atoms with Crippen LogP contribution >= 0.6 is 12.4 Å². The maximum Gasteiger partial charge on any atom is 0.261 e. The Hall–Kier alpha value is -1.26. The Bertz CT molecular complexity index is 522. The number of benzene rings is 1. The maximum absolute atomic E-state index is 12.6. The predicted octanol–water partition coefficient (Wildman–Crippen LogP) is 2.96. The van der Waals surface area contributed by atoms with Crippen LogP contribution in [0.3, 0.4) is 0 Å². The highest BCUT2D eigenvalue weighted by Crippen LogP contribution is 2.28. The average molecular weight is 339 g/mol. The van der Waals surface area contributed by atoms with Crippen molar-refractivity contribution in [2.24, 2.45) is 0 Å². The van der Waals surface area contributed by atoms with Crippen molar-refractivity contribution in [2.75, 3.05) is 19.7 Å². The monoisotopic (exact) mass is 338 g/mol. The second-order valence-corrected chi connectivity index (χ2v) is 6.69. The van der Waals surface area contributed by atoms with Crippen LogP contribution in [0.25, 0.3) is 0 Å². The van der Waals surface area contributed by atoms with E-state index in [1.165, 1.54) is 5.56 Å². The average Bonchev–Trinajstić information content (AvgIpc) is 2.78. The van der Waals surface area contributed by atoms with Crippen molar-refractivity contribution in [1.82, 2.24) is 10.2 Å². The predicted molar refractivity (Wildman–Crippen MR) is 94.4 cm³/mol. The molecular formula is C18H27ClN2O2. The van der Waals surface area contributed by atoms with Crippen molar-refractivity contribution in [1.29, 1.82) is 0 Å². The Morgan fingerprint density at radius 2 is 2.09 bits per heavy atom. The molecule has 128 valence electrons. The van der Waals surface area contributed by atoms with Gasteiger partial charge in [0.05, 0.1) is 0 Å². The van der Waals surface area contributed by atoms with Crippen molar-refractivity contribution in [3.63, 3.8) is 0 Å². The smallest absolute Gasteiger partial charge is 0.261 e. The van der Waals surface area contributed by atoms with Crippen LogP contribution in [-0.4, -0.2) is 42.6 Å². The highest BCUT2D eigenvalue weighted by molar-refractivity contribution is 5.85. The molecule has 2 saturated heterocycles. The molecule has 2 atom stereocenters. The summed E-state index contributed by atoms with van der Waals surface area (Å²) in [4.78, 5) is 14.7. The van der Waals surface area contributed by atoms with Crippen LogP contribution in [0.15, 0.2) is 24.3 Å². The minimum atomic E-state index is 0. The Labute approximate surface area is 145 Å². The summed E-state index contributed by atoms with van der Waals surface area (Å²) < 4.78 is 5.77. The largest absolute Gasteiger partial charge is 0.484 e. The lowest BCUT2D eigenvalue weighted by Gasteiger charge is -2.27. The molecule has 23 heavy (non-hydrogen) atoms. The van der Waals surface area contributed by atoms with Gasteiger partial charge in [-0.25, -0.2) is 0 Å². The van der Waals surface area contributed by atoms with Crippen molar-refractivity contribution in [2.45, 2.75) is 51.1 Å². The van der Waals surface area contributed by atoms with Gasteiger partial charge in [-0.05, 0) is 49.4 Å². The third-order valence-corrected chi connectivity index (χ3v) is 4.83. The van der Waals surface area contributed by atoms with Crippen molar-refractivity contribution in [3.8, 4) is 5.75 Å². The molecule has 4 nitrogen and oxygen atoms in total. The molecule has 5 heteroatoms. The van der Waals surface area contributed by atoms with E-state index >= 15 is 0 Å². The topological polar surface area (TPSA) is 41.6 Å². The van der Waals surface area contributed by atoms with E-state index in [2.05, 4.69) is 30.1 Å². The van der Waals surface area contributed by atoms with Gasteiger partial charge in [0.1, 0.15) is 5.75 Å². The number of hydrogen-bond acceptors (Lipinski definition) is 3. The zero-order valence-electron chi connectivity index (χ0n) is 14.0. The lowest BCUT2D eigenvalue weighted by Crippen LogP contribution is -2.44. The van der Waals surface area contributed by atoms with Crippen molar-refractivity contribution < 1.29 is 9.53 Å². The van der Waals surface area contributed by atoms with E-state index in [1.54, 1.807) is 0 Å². The van der Waals surface area contributed by atoms with E-state index in [1.807, 2.05) is 18.2 Å². The molecule has 2 heterocycles. The van der Waals surface area contributed by atoms with Gasteiger partial charge in [0.2, 0.25) is 0 Å². The molecule has 0 saturated carbocycles. The number of halogens is 1. The number of carbonyl (C=O) groups is 1. The summed E-state index contributed by atoms with van der Waals surface area (Å²) in [6, 6.07) is 8.81. The van der Waals surface area contributed by atoms with E-state index < -0.39 is 0 Å². The molecule has 0 aromatic heterocycles. The fraction of sp³-hybridized carbons (Fsp3) is 0.611. The van der Waals surface area contributed by atoms with Crippen LogP contribution in [0.4, 0.5) is 0 Å². The third kappa shape index (κ3) is 4.18. The molecule has 2 bridgehead atoms. The molecule has 1 N–H and O–H groups in total. The molecular weight excluding hydrogens is 312 g/mol. The van der Waals surface area contributed by atoms with Gasteiger partial charge in [-0.3, -0.25) is 4.79 Å². The zero-order valence-corrected chi connectivity index (χ0v) is 14.8. The summed E-state index contributed by atoms with van der Waals surface area (Å²) in [6.45, 7) is 6.40. The van der Waals surface area contributed by atoms with Gasteiger partial charge in [-0.1, -0.05) is 26.0 Å². The molecule has 2 fully saturated rings. The lowest BCUT2D eigenvalue weighted by atomic mass is 10.0. The Balaban J connectivity index is 0.00000192. The molecule has 0 aliphatic carbocycles. The van der Waals surface area contributed by atoms with Crippen molar-refractivity contribution >= 4 is 18.3 Å². The van der Waals surface area contributed by atoms with Crippen LogP contribution in [0.2, 0.25) is 0 Å². The molecule has 1 aromatic rings. The van der Waals surface area contributed by atoms with Crippen molar-refractivity contribution in [3.05, 3.63) is 29.8 Å². The number of nitrogens with one attached hydrogen (secondary N) is 1. The van der Waals surface area contributed by atoms with Gasteiger partial charge in [-0.2, -0.15) is 0 Å². The lowest BCUT2D eigenvalue weighted by molar-refractivity contribution is -0.136. The quantitative estimate of drug-likeness (QED) is 0.917. The number of fused-ring (bicyclic) bond motifs is 2. The first-order valence-electron chi connectivity index (χ1n) is 8.40. The van der Waals surface area contributed by atoms with Crippen LogP contribution in [0.1, 0.15) is 44.6 Å². The standard InChI is InChI=1S/C18H26N2O2.ClH/c1-13(2)14-4-3-5-17(10-14)22-12-18(21)20-15-6-7-16(20)11-19-9-8-15;/h3-5,10,13,15-16,19H,6-9,11-12H2,1-2H3;1H. The van der Waals surface area contributed by atoms with Gasteiger partial charge < -0.3 is 15.0 Å². The Morgan fingerprint density at radius 3 is 2.87 bits per heavy atom. The minimum Gasteiger partial charge on any atom is -0.484 e. The molecule has 3 rings (SSSR count). The molecule has 0 spiro atoms. The number of rotatable bonds is 4. The Morgan fingerprint density at radius 1 is 1.30 bits per heavy atom.